The number of ether oxygens (including phenoxy) is 1. The zero-order chi connectivity index (χ0) is 16.1. The van der Waals surface area contributed by atoms with E-state index < -0.39 is 5.82 Å². The molecule has 0 bridgehead atoms. The van der Waals surface area contributed by atoms with Crippen LogP contribution in [0.3, 0.4) is 0 Å². The normalized spacial score (nSPS) is 9.91. The number of nitriles is 1. The molecule has 0 atom stereocenters. The van der Waals surface area contributed by atoms with Crippen LogP contribution < -0.4 is 10.1 Å². The number of nitrogens with one attached hydrogen (secondary N) is 1. The van der Waals surface area contributed by atoms with Crippen molar-refractivity contribution in [2.24, 2.45) is 0 Å². The molecule has 0 radical (unpaired) electrons. The van der Waals surface area contributed by atoms with Crippen molar-refractivity contribution >= 4 is 11.5 Å². The molecule has 0 spiro atoms. The molecule has 0 saturated carbocycles. The Morgan fingerprint density at radius 2 is 1.70 bits per heavy atom. The first-order chi connectivity index (χ1) is 11.2. The first-order valence-corrected chi connectivity index (χ1v) is 6.91. The maximum Gasteiger partial charge on any atom is 0.221 e. The molecule has 23 heavy (non-hydrogen) atoms. The van der Waals surface area contributed by atoms with Crippen molar-refractivity contribution in [3.05, 3.63) is 78.1 Å². The minimum absolute atomic E-state index is 0.0585. The molecule has 0 fully saturated rings. The Labute approximate surface area is 132 Å². The van der Waals surface area contributed by atoms with Gasteiger partial charge in [0, 0.05) is 11.8 Å². The zero-order valence-electron chi connectivity index (χ0n) is 12.0. The van der Waals surface area contributed by atoms with E-state index in [0.717, 1.165) is 0 Å². The molecule has 5 heteroatoms. The number of aromatic nitrogens is 1. The number of para-hydroxylation sites is 1. The van der Waals surface area contributed by atoms with Crippen LogP contribution in [-0.2, 0) is 0 Å². The van der Waals surface area contributed by atoms with Gasteiger partial charge in [-0.05, 0) is 42.5 Å². The number of halogens is 1. The van der Waals surface area contributed by atoms with Crippen molar-refractivity contribution < 1.29 is 9.13 Å². The molecule has 3 rings (SSSR count). The highest BCUT2D eigenvalue weighted by atomic mass is 19.1. The Hall–Kier alpha value is -3.39. The molecule has 4 nitrogen and oxygen atoms in total. The highest BCUT2D eigenvalue weighted by molar-refractivity contribution is 5.58. The standard InChI is InChI=1S/C18H12FN3O/c19-16-10-11-17(23-15-4-2-1-3-5-15)22-18(16)21-14-8-6-13(12-20)7-9-14/h1-11H,(H,21,22). The Bertz CT molecular complexity index is 842. The van der Waals surface area contributed by atoms with Crippen LogP contribution in [0.5, 0.6) is 11.6 Å². The highest BCUT2D eigenvalue weighted by Gasteiger charge is 2.07. The maximum absolute atomic E-state index is 13.9. The molecule has 0 aliphatic rings. The lowest BCUT2D eigenvalue weighted by Gasteiger charge is -2.09. The van der Waals surface area contributed by atoms with Crippen LogP contribution in [0.4, 0.5) is 15.9 Å². The smallest absolute Gasteiger partial charge is 0.221 e. The average molecular weight is 305 g/mol. The average Bonchev–Trinajstić information content (AvgIpc) is 2.59. The van der Waals surface area contributed by atoms with Crippen LogP contribution in [-0.4, -0.2) is 4.98 Å². The molecule has 3 aromatic rings. The fourth-order valence-electron chi connectivity index (χ4n) is 1.94. The van der Waals surface area contributed by atoms with E-state index in [4.69, 9.17) is 10.00 Å². The SMILES string of the molecule is N#Cc1ccc(Nc2nc(Oc3ccccc3)ccc2F)cc1. The predicted molar refractivity (Wildman–Crippen MR) is 85.2 cm³/mol. The number of benzene rings is 2. The van der Waals surface area contributed by atoms with E-state index in [1.807, 2.05) is 24.3 Å². The minimum Gasteiger partial charge on any atom is -0.439 e. The molecule has 1 aromatic heterocycles. The summed E-state index contributed by atoms with van der Waals surface area (Å²) in [7, 11) is 0. The number of nitrogens with zero attached hydrogens (tertiary/aromatic N) is 2. The fourth-order valence-corrected chi connectivity index (χ4v) is 1.94. The van der Waals surface area contributed by atoms with Crippen molar-refractivity contribution in [2.45, 2.75) is 0 Å². The van der Waals surface area contributed by atoms with E-state index in [-0.39, 0.29) is 11.7 Å². The molecule has 1 heterocycles. The molecule has 0 amide bonds. The van der Waals surface area contributed by atoms with Gasteiger partial charge in [-0.15, -0.1) is 0 Å². The zero-order valence-corrected chi connectivity index (χ0v) is 12.0. The Balaban J connectivity index is 1.81. The van der Waals surface area contributed by atoms with Gasteiger partial charge in [0.25, 0.3) is 0 Å². The van der Waals surface area contributed by atoms with Crippen LogP contribution in [0.25, 0.3) is 0 Å². The molecule has 0 unspecified atom stereocenters. The third-order valence-electron chi connectivity index (χ3n) is 3.06. The first-order valence-electron chi connectivity index (χ1n) is 6.91. The summed E-state index contributed by atoms with van der Waals surface area (Å²) in [5.74, 6) is 0.475. The summed E-state index contributed by atoms with van der Waals surface area (Å²) in [6.45, 7) is 0. The van der Waals surface area contributed by atoms with Crippen LogP contribution in [0.2, 0.25) is 0 Å². The number of anilines is 2. The van der Waals surface area contributed by atoms with Gasteiger partial charge in [0.1, 0.15) is 5.75 Å². The van der Waals surface area contributed by atoms with Crippen LogP contribution in [0.15, 0.2) is 66.7 Å². The van der Waals surface area contributed by atoms with Crippen molar-refractivity contribution in [3.8, 4) is 17.7 Å². The second kappa shape index (κ2) is 6.58. The number of hydrogen-bond donors (Lipinski definition) is 1. The van der Waals surface area contributed by atoms with Crippen molar-refractivity contribution in [2.75, 3.05) is 5.32 Å². The summed E-state index contributed by atoms with van der Waals surface area (Å²) in [4.78, 5) is 4.13. The first kappa shape index (κ1) is 14.5. The molecule has 112 valence electrons. The Morgan fingerprint density at radius 1 is 0.957 bits per heavy atom. The fraction of sp³-hybridized carbons (Fsp3) is 0. The van der Waals surface area contributed by atoms with Gasteiger partial charge in [0.05, 0.1) is 11.6 Å². The minimum atomic E-state index is -0.491. The molecule has 0 aliphatic carbocycles. The number of rotatable bonds is 4. The van der Waals surface area contributed by atoms with E-state index in [2.05, 4.69) is 10.3 Å². The van der Waals surface area contributed by atoms with Gasteiger partial charge in [-0.2, -0.15) is 10.2 Å². The molecule has 0 aliphatic heterocycles. The molecule has 0 saturated heterocycles. The summed E-state index contributed by atoms with van der Waals surface area (Å²) in [6.07, 6.45) is 0. The largest absolute Gasteiger partial charge is 0.439 e. The van der Waals surface area contributed by atoms with Crippen molar-refractivity contribution in [3.63, 3.8) is 0 Å². The molecular weight excluding hydrogens is 293 g/mol. The van der Waals surface area contributed by atoms with Gasteiger partial charge in [-0.3, -0.25) is 0 Å². The second-order valence-corrected chi connectivity index (χ2v) is 4.71. The summed E-state index contributed by atoms with van der Waals surface area (Å²) < 4.78 is 19.5. The van der Waals surface area contributed by atoms with Crippen molar-refractivity contribution in [1.29, 1.82) is 5.26 Å². The third kappa shape index (κ3) is 3.63. The van der Waals surface area contributed by atoms with Crippen LogP contribution in [0.1, 0.15) is 5.56 Å². The van der Waals surface area contributed by atoms with Crippen LogP contribution >= 0.6 is 0 Å². The number of pyridine rings is 1. The Morgan fingerprint density at radius 3 is 2.39 bits per heavy atom. The highest BCUT2D eigenvalue weighted by Crippen LogP contribution is 2.24. The van der Waals surface area contributed by atoms with E-state index in [0.29, 0.717) is 17.0 Å². The predicted octanol–water partition coefficient (Wildman–Crippen LogP) is 4.63. The molecule has 2 aromatic carbocycles. The van der Waals surface area contributed by atoms with Gasteiger partial charge < -0.3 is 10.1 Å². The van der Waals surface area contributed by atoms with E-state index >= 15 is 0 Å². The summed E-state index contributed by atoms with van der Waals surface area (Å²) in [6, 6.07) is 20.6. The second-order valence-electron chi connectivity index (χ2n) is 4.71. The van der Waals surface area contributed by atoms with E-state index in [1.165, 1.54) is 12.1 Å². The molecular formula is C18H12FN3O. The lowest BCUT2D eigenvalue weighted by Crippen LogP contribution is -1.99. The lowest BCUT2D eigenvalue weighted by atomic mass is 10.2. The summed E-state index contributed by atoms with van der Waals surface area (Å²) >= 11 is 0. The number of hydrogen-bond acceptors (Lipinski definition) is 4. The molecule has 1 N–H and O–H groups in total. The van der Waals surface area contributed by atoms with Gasteiger partial charge >= 0.3 is 0 Å². The summed E-state index contributed by atoms with van der Waals surface area (Å²) in [5.41, 5.74) is 1.16. The van der Waals surface area contributed by atoms with Gasteiger partial charge in [-0.25, -0.2) is 4.39 Å². The Kier molecular flexibility index (Phi) is 4.16. The van der Waals surface area contributed by atoms with Gasteiger partial charge in [0.2, 0.25) is 5.88 Å². The van der Waals surface area contributed by atoms with Crippen molar-refractivity contribution in [1.82, 2.24) is 4.98 Å². The van der Waals surface area contributed by atoms with Gasteiger partial charge in [0.15, 0.2) is 11.6 Å². The van der Waals surface area contributed by atoms with Crippen LogP contribution in [0, 0.1) is 17.1 Å². The quantitative estimate of drug-likeness (QED) is 0.763. The lowest BCUT2D eigenvalue weighted by molar-refractivity contribution is 0.460. The topological polar surface area (TPSA) is 57.9 Å². The van der Waals surface area contributed by atoms with E-state index in [9.17, 15) is 4.39 Å². The van der Waals surface area contributed by atoms with E-state index in [1.54, 1.807) is 36.4 Å². The summed E-state index contributed by atoms with van der Waals surface area (Å²) in [5, 5.41) is 11.7. The maximum atomic E-state index is 13.9. The third-order valence-corrected chi connectivity index (χ3v) is 3.06. The van der Waals surface area contributed by atoms with Gasteiger partial charge in [-0.1, -0.05) is 18.2 Å². The monoisotopic (exact) mass is 305 g/mol.